The lowest BCUT2D eigenvalue weighted by molar-refractivity contribution is 0.0600. The largest absolute Gasteiger partial charge is 0.485 e. The molecule has 8 nitrogen and oxygen atoms in total. The molecule has 0 aliphatic rings. The van der Waals surface area contributed by atoms with Gasteiger partial charge in [0.2, 0.25) is 0 Å². The second kappa shape index (κ2) is 9.91. The SMILES string of the molecule is COC(=O)c1cccc(COc2cccn3c(=O)c(-c4cc(C)n(-c5ccccc5Cl)n4)c(C)nc23)c1. The molecule has 0 atom stereocenters. The lowest BCUT2D eigenvalue weighted by Crippen LogP contribution is -2.19. The van der Waals surface area contributed by atoms with E-state index in [1.54, 1.807) is 54.2 Å². The van der Waals surface area contributed by atoms with Crippen LogP contribution < -0.4 is 10.3 Å². The number of para-hydroxylation sites is 1. The summed E-state index contributed by atoms with van der Waals surface area (Å²) in [6.07, 6.45) is 1.65. The lowest BCUT2D eigenvalue weighted by atomic mass is 10.1. The van der Waals surface area contributed by atoms with Crippen molar-refractivity contribution in [1.82, 2.24) is 19.2 Å². The van der Waals surface area contributed by atoms with Crippen molar-refractivity contribution in [2.24, 2.45) is 0 Å². The van der Waals surface area contributed by atoms with Gasteiger partial charge in [-0.3, -0.25) is 9.20 Å². The van der Waals surface area contributed by atoms with Gasteiger partial charge in [-0.1, -0.05) is 35.9 Å². The van der Waals surface area contributed by atoms with Crippen LogP contribution in [0.5, 0.6) is 5.75 Å². The minimum atomic E-state index is -0.421. The van der Waals surface area contributed by atoms with E-state index < -0.39 is 5.97 Å². The predicted octanol–water partition coefficient (Wildman–Crippen LogP) is 5.18. The van der Waals surface area contributed by atoms with E-state index in [-0.39, 0.29) is 12.2 Å². The zero-order chi connectivity index (χ0) is 26.1. The van der Waals surface area contributed by atoms with Crippen molar-refractivity contribution in [2.45, 2.75) is 20.5 Å². The molecule has 37 heavy (non-hydrogen) atoms. The van der Waals surface area contributed by atoms with Crippen molar-refractivity contribution >= 4 is 23.2 Å². The highest BCUT2D eigenvalue weighted by Crippen LogP contribution is 2.26. The van der Waals surface area contributed by atoms with Crippen molar-refractivity contribution in [3.8, 4) is 22.7 Å². The minimum Gasteiger partial charge on any atom is -0.485 e. The molecule has 186 valence electrons. The summed E-state index contributed by atoms with van der Waals surface area (Å²) in [5, 5.41) is 5.24. The number of aryl methyl sites for hydroxylation is 2. The van der Waals surface area contributed by atoms with Gasteiger partial charge in [-0.05, 0) is 61.9 Å². The summed E-state index contributed by atoms with van der Waals surface area (Å²) in [5.41, 5.74) is 4.33. The molecule has 0 N–H and O–H groups in total. The lowest BCUT2D eigenvalue weighted by Gasteiger charge is -2.12. The predicted molar refractivity (Wildman–Crippen MR) is 141 cm³/mol. The van der Waals surface area contributed by atoms with Crippen LogP contribution in [0.3, 0.4) is 0 Å². The Labute approximate surface area is 217 Å². The van der Waals surface area contributed by atoms with E-state index in [2.05, 4.69) is 5.10 Å². The van der Waals surface area contributed by atoms with Gasteiger partial charge < -0.3 is 9.47 Å². The molecule has 3 heterocycles. The molecule has 0 bridgehead atoms. The first-order valence-corrected chi connectivity index (χ1v) is 11.9. The smallest absolute Gasteiger partial charge is 0.337 e. The van der Waals surface area contributed by atoms with Crippen LogP contribution in [0.15, 0.2) is 77.7 Å². The van der Waals surface area contributed by atoms with Crippen molar-refractivity contribution in [3.05, 3.63) is 111 Å². The molecule has 0 radical (unpaired) electrons. The summed E-state index contributed by atoms with van der Waals surface area (Å²) in [5.74, 6) is 0.0195. The Balaban J connectivity index is 1.51. The van der Waals surface area contributed by atoms with Gasteiger partial charge in [-0.15, -0.1) is 0 Å². The first kappa shape index (κ1) is 24.3. The summed E-state index contributed by atoms with van der Waals surface area (Å²) in [4.78, 5) is 30.1. The number of halogens is 1. The van der Waals surface area contributed by atoms with Gasteiger partial charge in [-0.25, -0.2) is 14.5 Å². The summed E-state index contributed by atoms with van der Waals surface area (Å²) in [6.45, 7) is 3.86. The van der Waals surface area contributed by atoms with Crippen LogP contribution in [0.25, 0.3) is 22.6 Å². The number of rotatable bonds is 6. The number of carbonyl (C=O) groups is 1. The van der Waals surface area contributed by atoms with Crippen LogP contribution in [0.4, 0.5) is 0 Å². The fourth-order valence-electron chi connectivity index (χ4n) is 4.18. The number of carbonyl (C=O) groups excluding carboxylic acids is 1. The zero-order valence-corrected chi connectivity index (χ0v) is 21.2. The summed E-state index contributed by atoms with van der Waals surface area (Å²) in [6, 6.07) is 19.7. The van der Waals surface area contributed by atoms with Gasteiger partial charge in [0.15, 0.2) is 11.4 Å². The Bertz CT molecular complexity index is 1710. The van der Waals surface area contributed by atoms with E-state index in [0.717, 1.165) is 16.9 Å². The molecule has 2 aromatic carbocycles. The molecule has 0 unspecified atom stereocenters. The molecule has 0 spiro atoms. The number of nitrogens with zero attached hydrogens (tertiary/aromatic N) is 4. The van der Waals surface area contributed by atoms with E-state index in [0.29, 0.717) is 38.9 Å². The monoisotopic (exact) mass is 514 g/mol. The average Bonchev–Trinajstić information content (AvgIpc) is 3.28. The second-order valence-electron chi connectivity index (χ2n) is 8.46. The highest BCUT2D eigenvalue weighted by molar-refractivity contribution is 6.32. The number of ether oxygens (including phenoxy) is 2. The number of benzene rings is 2. The van der Waals surface area contributed by atoms with E-state index in [4.69, 9.17) is 26.1 Å². The van der Waals surface area contributed by atoms with Gasteiger partial charge in [0.25, 0.3) is 5.56 Å². The maximum Gasteiger partial charge on any atom is 0.337 e. The summed E-state index contributed by atoms with van der Waals surface area (Å²) in [7, 11) is 1.34. The van der Waals surface area contributed by atoms with Crippen LogP contribution in [0, 0.1) is 13.8 Å². The number of pyridine rings is 1. The van der Waals surface area contributed by atoms with Gasteiger partial charge in [0, 0.05) is 11.9 Å². The van der Waals surface area contributed by atoms with Gasteiger partial charge in [0.1, 0.15) is 12.3 Å². The first-order chi connectivity index (χ1) is 17.9. The maximum atomic E-state index is 13.6. The molecule has 9 heteroatoms. The highest BCUT2D eigenvalue weighted by atomic mass is 35.5. The topological polar surface area (TPSA) is 87.7 Å². The first-order valence-electron chi connectivity index (χ1n) is 11.5. The fourth-order valence-corrected chi connectivity index (χ4v) is 4.40. The van der Waals surface area contributed by atoms with Gasteiger partial charge in [-0.2, -0.15) is 5.10 Å². The van der Waals surface area contributed by atoms with Crippen molar-refractivity contribution in [2.75, 3.05) is 7.11 Å². The average molecular weight is 515 g/mol. The number of methoxy groups -OCH3 is 1. The van der Waals surface area contributed by atoms with Crippen molar-refractivity contribution < 1.29 is 14.3 Å². The van der Waals surface area contributed by atoms with Crippen molar-refractivity contribution in [3.63, 3.8) is 0 Å². The third-order valence-electron chi connectivity index (χ3n) is 5.97. The van der Waals surface area contributed by atoms with E-state index >= 15 is 0 Å². The number of aromatic nitrogens is 4. The number of hydrogen-bond acceptors (Lipinski definition) is 6. The highest BCUT2D eigenvalue weighted by Gasteiger charge is 2.19. The minimum absolute atomic E-state index is 0.183. The van der Waals surface area contributed by atoms with E-state index in [1.807, 2.05) is 37.3 Å². The zero-order valence-electron chi connectivity index (χ0n) is 20.4. The molecule has 3 aromatic heterocycles. The normalized spacial score (nSPS) is 11.0. The Hall–Kier alpha value is -4.43. The molecule has 0 saturated heterocycles. The maximum absolute atomic E-state index is 13.6. The Morgan fingerprint density at radius 3 is 2.62 bits per heavy atom. The second-order valence-corrected chi connectivity index (χ2v) is 8.87. The molecular formula is C28H23ClN4O4. The Morgan fingerprint density at radius 2 is 1.84 bits per heavy atom. The quantitative estimate of drug-likeness (QED) is 0.290. The van der Waals surface area contributed by atoms with E-state index in [9.17, 15) is 9.59 Å². The summed E-state index contributed by atoms with van der Waals surface area (Å²) >= 11 is 6.37. The number of esters is 1. The Kier molecular flexibility index (Phi) is 6.50. The van der Waals surface area contributed by atoms with E-state index in [1.165, 1.54) is 11.5 Å². The molecule has 0 aliphatic heterocycles. The van der Waals surface area contributed by atoms with Crippen LogP contribution in [-0.4, -0.2) is 32.2 Å². The third-order valence-corrected chi connectivity index (χ3v) is 6.29. The molecular weight excluding hydrogens is 492 g/mol. The van der Waals surface area contributed by atoms with Crippen LogP contribution in [0.2, 0.25) is 5.02 Å². The molecule has 0 fully saturated rings. The molecule has 0 amide bonds. The van der Waals surface area contributed by atoms with Crippen molar-refractivity contribution in [1.29, 1.82) is 0 Å². The molecule has 0 saturated carbocycles. The van der Waals surface area contributed by atoms with Crippen LogP contribution in [0.1, 0.15) is 27.3 Å². The van der Waals surface area contributed by atoms with Crippen LogP contribution in [-0.2, 0) is 11.3 Å². The van der Waals surface area contributed by atoms with Gasteiger partial charge >= 0.3 is 5.97 Å². The molecule has 5 rings (SSSR count). The Morgan fingerprint density at radius 1 is 1.03 bits per heavy atom. The number of hydrogen-bond donors (Lipinski definition) is 0. The summed E-state index contributed by atoms with van der Waals surface area (Å²) < 4.78 is 14.0. The van der Waals surface area contributed by atoms with Gasteiger partial charge in [0.05, 0.1) is 34.6 Å². The molecule has 5 aromatic rings. The fraction of sp³-hybridized carbons (Fsp3) is 0.143. The standard InChI is InChI=1S/C28H23ClN4O4/c1-17-14-22(31-33(17)23-11-5-4-10-21(23)29)25-18(2)30-26-24(12-7-13-32(26)27(25)34)37-16-19-8-6-9-20(15-19)28(35)36-3/h4-15H,16H2,1-3H3. The van der Waals surface area contributed by atoms with Crippen LogP contribution >= 0.6 is 11.6 Å². The third kappa shape index (κ3) is 4.59. The molecule has 0 aliphatic carbocycles. The number of fused-ring (bicyclic) bond motifs is 1.